The number of hydrogen-bond acceptors (Lipinski definition) is 4. The fraction of sp³-hybridized carbons (Fsp3) is 0.438. The van der Waals surface area contributed by atoms with Gasteiger partial charge in [0.15, 0.2) is 5.78 Å². The first kappa shape index (κ1) is 17.7. The van der Waals surface area contributed by atoms with Gasteiger partial charge in [0, 0.05) is 31.1 Å². The minimum Gasteiger partial charge on any atom is -0.349 e. The van der Waals surface area contributed by atoms with Crippen molar-refractivity contribution in [3.8, 4) is 0 Å². The van der Waals surface area contributed by atoms with Gasteiger partial charge in [-0.1, -0.05) is 11.6 Å². The van der Waals surface area contributed by atoms with Crippen LogP contribution < -0.4 is 5.32 Å². The Labute approximate surface area is 144 Å². The van der Waals surface area contributed by atoms with Crippen molar-refractivity contribution in [2.75, 3.05) is 0 Å². The van der Waals surface area contributed by atoms with E-state index in [4.69, 9.17) is 11.6 Å². The highest BCUT2D eigenvalue weighted by Crippen LogP contribution is 2.23. The van der Waals surface area contributed by atoms with E-state index in [-0.39, 0.29) is 30.6 Å². The van der Waals surface area contributed by atoms with Gasteiger partial charge in [-0.2, -0.15) is 5.10 Å². The largest absolute Gasteiger partial charge is 0.349 e. The lowest BCUT2D eigenvalue weighted by molar-refractivity contribution is -0.121. The maximum atomic E-state index is 12.1. The molecule has 0 fully saturated rings. The summed E-state index contributed by atoms with van der Waals surface area (Å²) in [6.07, 6.45) is 0.345. The van der Waals surface area contributed by atoms with E-state index in [2.05, 4.69) is 10.4 Å². The van der Waals surface area contributed by atoms with E-state index in [0.717, 1.165) is 17.0 Å². The van der Waals surface area contributed by atoms with Crippen LogP contribution in [0.4, 0.5) is 0 Å². The van der Waals surface area contributed by atoms with E-state index >= 15 is 0 Å². The Morgan fingerprint density at radius 2 is 2.04 bits per heavy atom. The van der Waals surface area contributed by atoms with Crippen LogP contribution >= 0.6 is 22.9 Å². The third-order valence-corrected chi connectivity index (χ3v) is 5.07. The van der Waals surface area contributed by atoms with Crippen LogP contribution in [0.25, 0.3) is 0 Å². The second-order valence-electron chi connectivity index (χ2n) is 5.52. The number of nitrogens with one attached hydrogen (secondary N) is 1. The molecule has 23 heavy (non-hydrogen) atoms. The topological polar surface area (TPSA) is 64.0 Å². The summed E-state index contributed by atoms with van der Waals surface area (Å²) in [5.41, 5.74) is 2.96. The summed E-state index contributed by atoms with van der Waals surface area (Å²) >= 11 is 7.05. The SMILES string of the molecule is Cc1nn(C)c(C)c1C(C)NC(=O)CCC(=O)c1ccc(Cl)s1. The number of aryl methyl sites for hydroxylation is 2. The average molecular weight is 354 g/mol. The fourth-order valence-corrected chi connectivity index (χ4v) is 3.63. The van der Waals surface area contributed by atoms with Gasteiger partial charge in [-0.25, -0.2) is 0 Å². The summed E-state index contributed by atoms with van der Waals surface area (Å²) in [7, 11) is 1.88. The Morgan fingerprint density at radius 3 is 2.57 bits per heavy atom. The zero-order valence-electron chi connectivity index (χ0n) is 13.6. The smallest absolute Gasteiger partial charge is 0.220 e. The zero-order valence-corrected chi connectivity index (χ0v) is 15.2. The number of carbonyl (C=O) groups excluding carboxylic acids is 2. The van der Waals surface area contributed by atoms with Crippen molar-refractivity contribution < 1.29 is 9.59 Å². The van der Waals surface area contributed by atoms with Crippen LogP contribution in [0.2, 0.25) is 4.34 Å². The van der Waals surface area contributed by atoms with Gasteiger partial charge in [0.25, 0.3) is 0 Å². The lowest BCUT2D eigenvalue weighted by Gasteiger charge is -2.14. The molecule has 1 N–H and O–H groups in total. The van der Waals surface area contributed by atoms with Gasteiger partial charge < -0.3 is 5.32 Å². The number of aromatic nitrogens is 2. The molecule has 0 saturated carbocycles. The van der Waals surface area contributed by atoms with Gasteiger partial charge in [0.1, 0.15) is 0 Å². The van der Waals surface area contributed by atoms with Crippen LogP contribution in [0, 0.1) is 13.8 Å². The molecule has 0 aliphatic rings. The second-order valence-corrected chi connectivity index (χ2v) is 7.24. The third-order valence-electron chi connectivity index (χ3n) is 3.80. The number of amides is 1. The predicted molar refractivity (Wildman–Crippen MR) is 92.1 cm³/mol. The summed E-state index contributed by atoms with van der Waals surface area (Å²) < 4.78 is 2.38. The van der Waals surface area contributed by atoms with Crippen molar-refractivity contribution in [3.63, 3.8) is 0 Å². The molecule has 0 aliphatic carbocycles. The molecule has 0 aliphatic heterocycles. The van der Waals surface area contributed by atoms with Crippen LogP contribution in [0.15, 0.2) is 12.1 Å². The highest BCUT2D eigenvalue weighted by molar-refractivity contribution is 7.18. The molecule has 5 nitrogen and oxygen atoms in total. The van der Waals surface area contributed by atoms with Crippen LogP contribution in [0.1, 0.15) is 52.4 Å². The minimum absolute atomic E-state index is 0.0570. The molecule has 2 rings (SSSR count). The molecule has 1 atom stereocenters. The number of nitrogens with zero attached hydrogens (tertiary/aromatic N) is 2. The number of thiophene rings is 1. The first-order valence-electron chi connectivity index (χ1n) is 7.37. The fourth-order valence-electron chi connectivity index (χ4n) is 2.62. The van der Waals surface area contributed by atoms with Crippen LogP contribution in [-0.4, -0.2) is 21.5 Å². The molecule has 1 unspecified atom stereocenters. The number of hydrogen-bond donors (Lipinski definition) is 1. The van der Waals surface area contributed by atoms with Crippen molar-refractivity contribution in [1.29, 1.82) is 0 Å². The maximum absolute atomic E-state index is 12.1. The van der Waals surface area contributed by atoms with Gasteiger partial charge in [0.05, 0.1) is 20.9 Å². The first-order chi connectivity index (χ1) is 10.8. The Kier molecular flexibility index (Phi) is 5.59. The summed E-state index contributed by atoms with van der Waals surface area (Å²) in [6, 6.07) is 3.25. The highest BCUT2D eigenvalue weighted by Gasteiger charge is 2.19. The van der Waals surface area contributed by atoms with Crippen molar-refractivity contribution in [1.82, 2.24) is 15.1 Å². The number of ketones is 1. The standard InChI is InChI=1S/C16H20ClN3O2S/c1-9(16-10(2)19-20(4)11(16)3)18-15(22)8-5-12(21)13-6-7-14(17)23-13/h6-7,9H,5,8H2,1-4H3,(H,18,22). The van der Waals surface area contributed by atoms with Crippen LogP contribution in [-0.2, 0) is 11.8 Å². The molecule has 2 heterocycles. The van der Waals surface area contributed by atoms with E-state index in [9.17, 15) is 9.59 Å². The number of carbonyl (C=O) groups is 2. The molecule has 0 bridgehead atoms. The number of rotatable bonds is 6. The molecule has 0 spiro atoms. The summed E-state index contributed by atoms with van der Waals surface area (Å²) in [5, 5.41) is 7.29. The molecule has 124 valence electrons. The van der Waals surface area contributed by atoms with Gasteiger partial charge in [-0.05, 0) is 32.9 Å². The number of halogens is 1. The van der Waals surface area contributed by atoms with Gasteiger partial charge in [-0.15, -0.1) is 11.3 Å². The first-order valence-corrected chi connectivity index (χ1v) is 8.57. The van der Waals surface area contributed by atoms with E-state index in [1.165, 1.54) is 11.3 Å². The van der Waals surface area contributed by atoms with Crippen LogP contribution in [0.5, 0.6) is 0 Å². The van der Waals surface area contributed by atoms with Gasteiger partial charge >= 0.3 is 0 Å². The zero-order chi connectivity index (χ0) is 17.1. The second kappa shape index (κ2) is 7.27. The van der Waals surface area contributed by atoms with E-state index in [1.807, 2.05) is 27.8 Å². The van der Waals surface area contributed by atoms with Crippen molar-refractivity contribution in [2.24, 2.45) is 7.05 Å². The number of Topliss-reactive ketones (excluding diaryl/α,β-unsaturated/α-hetero) is 1. The van der Waals surface area contributed by atoms with Crippen molar-refractivity contribution >= 4 is 34.6 Å². The minimum atomic E-state index is -0.142. The van der Waals surface area contributed by atoms with E-state index in [1.54, 1.807) is 16.8 Å². The van der Waals surface area contributed by atoms with Crippen LogP contribution in [0.3, 0.4) is 0 Å². The predicted octanol–water partition coefficient (Wildman–Crippen LogP) is 3.59. The summed E-state index contributed by atoms with van der Waals surface area (Å²) in [6.45, 7) is 5.83. The molecule has 7 heteroatoms. The quantitative estimate of drug-likeness (QED) is 0.807. The van der Waals surface area contributed by atoms with Gasteiger partial charge in [0.2, 0.25) is 5.91 Å². The molecular weight excluding hydrogens is 334 g/mol. The third kappa shape index (κ3) is 4.20. The highest BCUT2D eigenvalue weighted by atomic mass is 35.5. The normalized spacial score (nSPS) is 12.2. The molecular formula is C16H20ClN3O2S. The van der Waals surface area contributed by atoms with Crippen molar-refractivity contribution in [3.05, 3.63) is 38.3 Å². The Balaban J connectivity index is 1.90. The Morgan fingerprint density at radius 1 is 1.35 bits per heavy atom. The Bertz CT molecular complexity index is 736. The van der Waals surface area contributed by atoms with E-state index < -0.39 is 0 Å². The molecule has 2 aromatic heterocycles. The van der Waals surface area contributed by atoms with Gasteiger partial charge in [-0.3, -0.25) is 14.3 Å². The monoisotopic (exact) mass is 353 g/mol. The molecule has 1 amide bonds. The van der Waals surface area contributed by atoms with E-state index in [0.29, 0.717) is 9.21 Å². The maximum Gasteiger partial charge on any atom is 0.220 e. The molecule has 2 aromatic rings. The summed E-state index contributed by atoms with van der Waals surface area (Å²) in [5.74, 6) is -0.199. The molecule has 0 saturated heterocycles. The average Bonchev–Trinajstić information content (AvgIpc) is 3.00. The Hall–Kier alpha value is -1.66. The molecule has 0 radical (unpaired) electrons. The van der Waals surface area contributed by atoms with Crippen molar-refractivity contribution in [2.45, 2.75) is 39.7 Å². The lowest BCUT2D eigenvalue weighted by atomic mass is 10.1. The lowest BCUT2D eigenvalue weighted by Crippen LogP contribution is -2.27. The molecule has 0 aromatic carbocycles. The summed E-state index contributed by atoms with van der Waals surface area (Å²) in [4.78, 5) is 24.7.